The summed E-state index contributed by atoms with van der Waals surface area (Å²) in [4.78, 5) is 11.0. The van der Waals surface area contributed by atoms with Crippen molar-refractivity contribution in [1.82, 2.24) is 0 Å². The maximum absolute atomic E-state index is 11.0. The summed E-state index contributed by atoms with van der Waals surface area (Å²) in [6.45, 7) is 6.05. The van der Waals surface area contributed by atoms with Gasteiger partial charge in [-0.1, -0.05) is 19.8 Å². The van der Waals surface area contributed by atoms with Gasteiger partial charge in [-0.25, -0.2) is 0 Å². The van der Waals surface area contributed by atoms with E-state index in [4.69, 9.17) is 4.74 Å². The van der Waals surface area contributed by atoms with Crippen molar-refractivity contribution in [2.45, 2.75) is 26.2 Å². The number of unbranched alkanes of at least 4 members (excludes halogenated alkanes) is 2. The van der Waals surface area contributed by atoms with Crippen molar-refractivity contribution in [2.24, 2.45) is 0 Å². The summed E-state index contributed by atoms with van der Waals surface area (Å²) < 4.78 is 5.50. The molecule has 0 amide bonds. The minimum absolute atomic E-state index is 0.0820. The molecular formula is C13H17O2. The Morgan fingerprint density at radius 1 is 1.27 bits per heavy atom. The second kappa shape index (κ2) is 6.23. The van der Waals surface area contributed by atoms with E-state index < -0.39 is 0 Å². The molecule has 0 fully saturated rings. The molecular weight excluding hydrogens is 188 g/mol. The number of rotatable bonds is 6. The van der Waals surface area contributed by atoms with Crippen LogP contribution in [0.5, 0.6) is 5.75 Å². The van der Waals surface area contributed by atoms with Gasteiger partial charge in [0.25, 0.3) is 0 Å². The second-order valence-corrected chi connectivity index (χ2v) is 3.49. The standard InChI is InChI=1S/C13H17O2/c1-3-4-5-10-15-13-8-6-12(7-9-13)11(2)14/h6-9H,1,3-5,10H2,2H3. The number of ketones is 1. The number of ether oxygens (including phenoxy) is 1. The monoisotopic (exact) mass is 205 g/mol. The molecule has 0 saturated heterocycles. The lowest BCUT2D eigenvalue weighted by molar-refractivity contribution is 0.101. The molecule has 0 aromatic heterocycles. The van der Waals surface area contributed by atoms with Crippen LogP contribution in [0.15, 0.2) is 24.3 Å². The van der Waals surface area contributed by atoms with Crippen molar-refractivity contribution in [3.63, 3.8) is 0 Å². The number of carbonyl (C=O) groups is 1. The van der Waals surface area contributed by atoms with Gasteiger partial charge in [0.05, 0.1) is 6.61 Å². The first kappa shape index (κ1) is 11.8. The van der Waals surface area contributed by atoms with Crippen LogP contribution in [0.3, 0.4) is 0 Å². The molecule has 0 aliphatic heterocycles. The average Bonchev–Trinajstić information content (AvgIpc) is 2.25. The molecule has 0 bridgehead atoms. The van der Waals surface area contributed by atoms with Gasteiger partial charge in [0.1, 0.15) is 5.75 Å². The zero-order valence-electron chi connectivity index (χ0n) is 9.16. The van der Waals surface area contributed by atoms with E-state index >= 15 is 0 Å². The van der Waals surface area contributed by atoms with Gasteiger partial charge in [-0.2, -0.15) is 0 Å². The van der Waals surface area contributed by atoms with Crippen molar-refractivity contribution in [3.8, 4) is 5.75 Å². The van der Waals surface area contributed by atoms with Gasteiger partial charge in [0.2, 0.25) is 0 Å². The van der Waals surface area contributed by atoms with Crippen LogP contribution in [-0.4, -0.2) is 12.4 Å². The Morgan fingerprint density at radius 2 is 1.93 bits per heavy atom. The van der Waals surface area contributed by atoms with E-state index in [0.29, 0.717) is 0 Å². The normalized spacial score (nSPS) is 10.0. The second-order valence-electron chi connectivity index (χ2n) is 3.49. The zero-order chi connectivity index (χ0) is 11.1. The molecule has 0 atom stereocenters. The van der Waals surface area contributed by atoms with Crippen LogP contribution in [0, 0.1) is 6.92 Å². The molecule has 0 aliphatic carbocycles. The molecule has 0 heterocycles. The van der Waals surface area contributed by atoms with Crippen LogP contribution in [-0.2, 0) is 0 Å². The summed E-state index contributed by atoms with van der Waals surface area (Å²) in [5, 5.41) is 0. The molecule has 0 spiro atoms. The van der Waals surface area contributed by atoms with Gasteiger partial charge in [0, 0.05) is 5.56 Å². The minimum Gasteiger partial charge on any atom is -0.494 e. The van der Waals surface area contributed by atoms with Crippen molar-refractivity contribution in [3.05, 3.63) is 36.8 Å². The van der Waals surface area contributed by atoms with Crippen molar-refractivity contribution < 1.29 is 9.53 Å². The third-order valence-corrected chi connectivity index (χ3v) is 2.17. The van der Waals surface area contributed by atoms with Gasteiger partial charge in [-0.3, -0.25) is 4.79 Å². The van der Waals surface area contributed by atoms with E-state index in [9.17, 15) is 4.79 Å². The predicted molar refractivity (Wildman–Crippen MR) is 61.1 cm³/mol. The third-order valence-electron chi connectivity index (χ3n) is 2.17. The molecule has 0 saturated carbocycles. The Balaban J connectivity index is 2.39. The molecule has 81 valence electrons. The minimum atomic E-state index is 0.0820. The Hall–Kier alpha value is -1.31. The molecule has 1 rings (SSSR count). The van der Waals surface area contributed by atoms with Crippen LogP contribution in [0.25, 0.3) is 0 Å². The zero-order valence-corrected chi connectivity index (χ0v) is 9.16. The van der Waals surface area contributed by atoms with E-state index in [1.165, 1.54) is 0 Å². The van der Waals surface area contributed by atoms with Crippen molar-refractivity contribution >= 4 is 5.78 Å². The fourth-order valence-corrected chi connectivity index (χ4v) is 1.25. The maximum Gasteiger partial charge on any atom is 0.159 e. The third kappa shape index (κ3) is 4.15. The molecule has 2 nitrogen and oxygen atoms in total. The molecule has 1 radical (unpaired) electrons. The SMILES string of the molecule is [CH2]CCCCOc1ccc(C(C)=O)cc1. The average molecular weight is 205 g/mol. The highest BCUT2D eigenvalue weighted by atomic mass is 16.5. The summed E-state index contributed by atoms with van der Waals surface area (Å²) in [5.74, 6) is 0.905. The molecule has 2 heteroatoms. The highest BCUT2D eigenvalue weighted by Gasteiger charge is 1.98. The summed E-state index contributed by atoms with van der Waals surface area (Å²) in [5.41, 5.74) is 0.722. The first-order valence-electron chi connectivity index (χ1n) is 5.27. The van der Waals surface area contributed by atoms with Crippen molar-refractivity contribution in [2.75, 3.05) is 6.61 Å². The van der Waals surface area contributed by atoms with Crippen molar-refractivity contribution in [1.29, 1.82) is 0 Å². The molecule has 0 aliphatic rings. The van der Waals surface area contributed by atoms with Crippen LogP contribution in [0.4, 0.5) is 0 Å². The first-order valence-corrected chi connectivity index (χ1v) is 5.27. The lowest BCUT2D eigenvalue weighted by Crippen LogP contribution is -1.97. The van der Waals surface area contributed by atoms with Crippen LogP contribution in [0.1, 0.15) is 36.5 Å². The quantitative estimate of drug-likeness (QED) is 0.526. The summed E-state index contributed by atoms with van der Waals surface area (Å²) in [6.07, 6.45) is 3.07. The largest absolute Gasteiger partial charge is 0.494 e. The lowest BCUT2D eigenvalue weighted by Gasteiger charge is -2.05. The molecule has 1 aromatic carbocycles. The smallest absolute Gasteiger partial charge is 0.159 e. The van der Waals surface area contributed by atoms with E-state index in [2.05, 4.69) is 6.92 Å². The van der Waals surface area contributed by atoms with E-state index in [1.807, 2.05) is 12.1 Å². The van der Waals surface area contributed by atoms with Crippen LogP contribution >= 0.6 is 0 Å². The highest BCUT2D eigenvalue weighted by Crippen LogP contribution is 2.13. The number of hydrogen-bond donors (Lipinski definition) is 0. The predicted octanol–water partition coefficient (Wildman–Crippen LogP) is 3.27. The summed E-state index contributed by atoms with van der Waals surface area (Å²) in [6, 6.07) is 7.25. The van der Waals surface area contributed by atoms with E-state index in [0.717, 1.165) is 37.2 Å². The highest BCUT2D eigenvalue weighted by molar-refractivity contribution is 5.94. The van der Waals surface area contributed by atoms with Gasteiger partial charge in [-0.15, -0.1) is 0 Å². The van der Waals surface area contributed by atoms with Gasteiger partial charge >= 0.3 is 0 Å². The topological polar surface area (TPSA) is 26.3 Å². The number of hydrogen-bond acceptors (Lipinski definition) is 2. The molecule has 1 aromatic rings. The maximum atomic E-state index is 11.0. The Kier molecular flexibility index (Phi) is 4.88. The lowest BCUT2D eigenvalue weighted by atomic mass is 10.1. The number of Topliss-reactive ketones (excluding diaryl/α,β-unsaturated/α-hetero) is 1. The van der Waals surface area contributed by atoms with E-state index in [-0.39, 0.29) is 5.78 Å². The first-order chi connectivity index (χ1) is 7.24. The van der Waals surface area contributed by atoms with Crippen LogP contribution < -0.4 is 4.74 Å². The molecule has 0 N–H and O–H groups in total. The Labute approximate surface area is 91.3 Å². The fraction of sp³-hybridized carbons (Fsp3) is 0.385. The number of benzene rings is 1. The van der Waals surface area contributed by atoms with Gasteiger partial charge in [0.15, 0.2) is 5.78 Å². The van der Waals surface area contributed by atoms with E-state index in [1.54, 1.807) is 19.1 Å². The summed E-state index contributed by atoms with van der Waals surface area (Å²) in [7, 11) is 0. The molecule has 15 heavy (non-hydrogen) atoms. The van der Waals surface area contributed by atoms with Gasteiger partial charge < -0.3 is 4.74 Å². The Bertz CT molecular complexity index is 301. The summed E-state index contributed by atoms with van der Waals surface area (Å²) >= 11 is 0. The molecule has 0 unspecified atom stereocenters. The van der Waals surface area contributed by atoms with Gasteiger partial charge in [-0.05, 0) is 37.6 Å². The van der Waals surface area contributed by atoms with Crippen LogP contribution in [0.2, 0.25) is 0 Å². The fourth-order valence-electron chi connectivity index (χ4n) is 1.25. The number of carbonyl (C=O) groups excluding carboxylic acids is 1. The Morgan fingerprint density at radius 3 is 2.47 bits per heavy atom.